The lowest BCUT2D eigenvalue weighted by molar-refractivity contribution is 0.252. The molecule has 0 atom stereocenters. The molecular weight excluding hydrogens is 254 g/mol. The molecule has 0 aliphatic rings. The number of methoxy groups -OCH3 is 1. The zero-order valence-corrected chi connectivity index (χ0v) is 11.0. The van der Waals surface area contributed by atoms with E-state index < -0.39 is 0 Å². The van der Waals surface area contributed by atoms with Gasteiger partial charge in [-0.05, 0) is 42.0 Å². The Bertz CT molecular complexity index is 580. The normalized spacial score (nSPS) is 10.2. The molecule has 102 valence electrons. The Kier molecular flexibility index (Phi) is 4.72. The Morgan fingerprint density at radius 3 is 2.45 bits per heavy atom. The van der Waals surface area contributed by atoms with Gasteiger partial charge < -0.3 is 10.1 Å². The molecule has 0 spiro atoms. The molecule has 5 nitrogen and oxygen atoms in total. The number of anilines is 1. The number of amides is 2. The molecular formula is C15H15N3O2. The van der Waals surface area contributed by atoms with Gasteiger partial charge in [-0.15, -0.1) is 0 Å². The molecule has 2 amide bonds. The Hall–Kier alpha value is -2.82. The van der Waals surface area contributed by atoms with E-state index in [4.69, 9.17) is 4.74 Å². The van der Waals surface area contributed by atoms with E-state index in [9.17, 15) is 4.79 Å². The van der Waals surface area contributed by atoms with E-state index in [1.807, 2.05) is 42.5 Å². The standard InChI is InChI=1S/C15H15N3O2/c1-20-14-9-7-12(8-10-14)11-16-18-15(19)17-13-5-3-2-4-6-13/h2-11H,1H3,(H2,17,18,19)/b16-11-. The average Bonchev–Trinajstić information content (AvgIpc) is 2.49. The summed E-state index contributed by atoms with van der Waals surface area (Å²) in [5.74, 6) is 0.775. The van der Waals surface area contributed by atoms with E-state index in [1.54, 1.807) is 25.5 Å². The topological polar surface area (TPSA) is 62.7 Å². The lowest BCUT2D eigenvalue weighted by Crippen LogP contribution is -2.24. The van der Waals surface area contributed by atoms with E-state index in [-0.39, 0.29) is 6.03 Å². The van der Waals surface area contributed by atoms with E-state index in [1.165, 1.54) is 0 Å². The lowest BCUT2D eigenvalue weighted by atomic mass is 10.2. The van der Waals surface area contributed by atoms with Crippen molar-refractivity contribution in [2.24, 2.45) is 5.10 Å². The smallest absolute Gasteiger partial charge is 0.339 e. The van der Waals surface area contributed by atoms with E-state index in [2.05, 4.69) is 15.8 Å². The van der Waals surface area contributed by atoms with Gasteiger partial charge in [-0.3, -0.25) is 0 Å². The van der Waals surface area contributed by atoms with Crippen LogP contribution in [-0.2, 0) is 0 Å². The molecule has 20 heavy (non-hydrogen) atoms. The second-order valence-electron chi connectivity index (χ2n) is 3.96. The fourth-order valence-corrected chi connectivity index (χ4v) is 1.54. The Balaban J connectivity index is 1.84. The van der Waals surface area contributed by atoms with Crippen LogP contribution in [0.4, 0.5) is 10.5 Å². The number of nitrogens with one attached hydrogen (secondary N) is 2. The van der Waals surface area contributed by atoms with Crippen LogP contribution >= 0.6 is 0 Å². The van der Waals surface area contributed by atoms with Crippen molar-refractivity contribution in [3.05, 3.63) is 60.2 Å². The van der Waals surface area contributed by atoms with Gasteiger partial charge in [-0.1, -0.05) is 18.2 Å². The van der Waals surface area contributed by atoms with Gasteiger partial charge in [0.2, 0.25) is 0 Å². The van der Waals surface area contributed by atoms with Crippen molar-refractivity contribution in [2.45, 2.75) is 0 Å². The number of hydrogen-bond donors (Lipinski definition) is 2. The number of rotatable bonds is 4. The van der Waals surface area contributed by atoms with Crippen molar-refractivity contribution < 1.29 is 9.53 Å². The van der Waals surface area contributed by atoms with Crippen molar-refractivity contribution in [1.82, 2.24) is 5.43 Å². The van der Waals surface area contributed by atoms with Crippen LogP contribution < -0.4 is 15.5 Å². The van der Waals surface area contributed by atoms with E-state index >= 15 is 0 Å². The Morgan fingerprint density at radius 2 is 1.80 bits per heavy atom. The zero-order chi connectivity index (χ0) is 14.2. The maximum Gasteiger partial charge on any atom is 0.339 e. The summed E-state index contributed by atoms with van der Waals surface area (Å²) in [6.45, 7) is 0. The summed E-state index contributed by atoms with van der Waals surface area (Å²) in [6, 6.07) is 16.1. The number of carbonyl (C=O) groups is 1. The third-order valence-corrected chi connectivity index (χ3v) is 2.53. The molecule has 0 heterocycles. The van der Waals surface area contributed by atoms with Crippen molar-refractivity contribution in [2.75, 3.05) is 12.4 Å². The number of carbonyl (C=O) groups excluding carboxylic acids is 1. The highest BCUT2D eigenvalue weighted by molar-refractivity contribution is 5.90. The summed E-state index contributed by atoms with van der Waals surface area (Å²) >= 11 is 0. The lowest BCUT2D eigenvalue weighted by Gasteiger charge is -2.03. The van der Waals surface area contributed by atoms with Crippen molar-refractivity contribution in [3.8, 4) is 5.75 Å². The zero-order valence-electron chi connectivity index (χ0n) is 11.0. The van der Waals surface area contributed by atoms with Crippen LogP contribution in [0.3, 0.4) is 0 Å². The number of benzene rings is 2. The number of hydrazone groups is 1. The molecule has 2 aromatic carbocycles. The molecule has 0 aliphatic heterocycles. The first-order valence-corrected chi connectivity index (χ1v) is 6.07. The molecule has 0 bridgehead atoms. The SMILES string of the molecule is COc1ccc(/C=N\NC(=O)Nc2ccccc2)cc1. The van der Waals surface area contributed by atoms with Crippen LogP contribution in [0.25, 0.3) is 0 Å². The van der Waals surface area contributed by atoms with Crippen LogP contribution in [-0.4, -0.2) is 19.4 Å². The third-order valence-electron chi connectivity index (χ3n) is 2.53. The van der Waals surface area contributed by atoms with Gasteiger partial charge in [0, 0.05) is 5.69 Å². The summed E-state index contributed by atoms with van der Waals surface area (Å²) in [4.78, 5) is 11.5. The van der Waals surface area contributed by atoms with Gasteiger partial charge in [-0.2, -0.15) is 5.10 Å². The quantitative estimate of drug-likeness (QED) is 0.662. The highest BCUT2D eigenvalue weighted by Gasteiger charge is 1.98. The number of ether oxygens (including phenoxy) is 1. The summed E-state index contributed by atoms with van der Waals surface area (Å²) in [5, 5.41) is 6.53. The molecule has 0 fully saturated rings. The predicted octanol–water partition coefficient (Wildman–Crippen LogP) is 2.85. The number of hydrogen-bond acceptors (Lipinski definition) is 3. The summed E-state index contributed by atoms with van der Waals surface area (Å²) < 4.78 is 5.05. The minimum absolute atomic E-state index is 0.388. The minimum atomic E-state index is -0.388. The van der Waals surface area contributed by atoms with Crippen molar-refractivity contribution in [3.63, 3.8) is 0 Å². The van der Waals surface area contributed by atoms with Gasteiger partial charge in [0.15, 0.2) is 0 Å². The second kappa shape index (κ2) is 6.94. The molecule has 2 N–H and O–H groups in total. The molecule has 0 saturated carbocycles. The minimum Gasteiger partial charge on any atom is -0.497 e. The number of urea groups is 1. The Labute approximate surface area is 117 Å². The predicted molar refractivity (Wildman–Crippen MR) is 79.2 cm³/mol. The van der Waals surface area contributed by atoms with Gasteiger partial charge in [0.1, 0.15) is 5.75 Å². The summed E-state index contributed by atoms with van der Waals surface area (Å²) in [6.07, 6.45) is 1.56. The van der Waals surface area contributed by atoms with E-state index in [0.29, 0.717) is 5.69 Å². The van der Waals surface area contributed by atoms with E-state index in [0.717, 1.165) is 11.3 Å². The third kappa shape index (κ3) is 4.13. The van der Waals surface area contributed by atoms with Gasteiger partial charge in [0.25, 0.3) is 0 Å². The van der Waals surface area contributed by atoms with Crippen molar-refractivity contribution >= 4 is 17.9 Å². The maximum absolute atomic E-state index is 11.5. The fraction of sp³-hybridized carbons (Fsp3) is 0.0667. The van der Waals surface area contributed by atoms with Crippen LogP contribution in [0.1, 0.15) is 5.56 Å². The maximum atomic E-state index is 11.5. The van der Waals surface area contributed by atoms with Gasteiger partial charge in [-0.25, -0.2) is 10.2 Å². The Morgan fingerprint density at radius 1 is 1.10 bits per heavy atom. The van der Waals surface area contributed by atoms with Crippen LogP contribution in [0.5, 0.6) is 5.75 Å². The molecule has 2 rings (SSSR count). The summed E-state index contributed by atoms with van der Waals surface area (Å²) in [5.41, 5.74) is 3.98. The highest BCUT2D eigenvalue weighted by atomic mass is 16.5. The molecule has 0 aromatic heterocycles. The molecule has 0 aliphatic carbocycles. The molecule has 2 aromatic rings. The molecule has 0 radical (unpaired) electrons. The average molecular weight is 269 g/mol. The van der Waals surface area contributed by atoms with Crippen LogP contribution in [0, 0.1) is 0 Å². The van der Waals surface area contributed by atoms with Crippen LogP contribution in [0.2, 0.25) is 0 Å². The first kappa shape index (κ1) is 13.6. The fourth-order valence-electron chi connectivity index (χ4n) is 1.54. The summed E-state index contributed by atoms with van der Waals surface area (Å²) in [7, 11) is 1.61. The van der Waals surface area contributed by atoms with Crippen LogP contribution in [0.15, 0.2) is 59.7 Å². The molecule has 0 unspecified atom stereocenters. The molecule has 5 heteroatoms. The first-order valence-electron chi connectivity index (χ1n) is 6.07. The number of nitrogens with zero attached hydrogens (tertiary/aromatic N) is 1. The first-order chi connectivity index (χ1) is 9.78. The highest BCUT2D eigenvalue weighted by Crippen LogP contribution is 2.09. The number of para-hydroxylation sites is 1. The largest absolute Gasteiger partial charge is 0.497 e. The van der Waals surface area contributed by atoms with Gasteiger partial charge >= 0.3 is 6.03 Å². The second-order valence-corrected chi connectivity index (χ2v) is 3.96. The van der Waals surface area contributed by atoms with Crippen molar-refractivity contribution in [1.29, 1.82) is 0 Å². The molecule has 0 saturated heterocycles. The van der Waals surface area contributed by atoms with Gasteiger partial charge in [0.05, 0.1) is 13.3 Å². The monoisotopic (exact) mass is 269 g/mol.